The van der Waals surface area contributed by atoms with Crippen LogP contribution in [0.25, 0.3) is 77.2 Å². The zero-order valence-corrected chi connectivity index (χ0v) is 29.6. The van der Waals surface area contributed by atoms with Crippen LogP contribution >= 0.6 is 0 Å². The van der Waals surface area contributed by atoms with E-state index in [1.54, 1.807) is 0 Å². The first kappa shape index (κ1) is 31.6. The van der Waals surface area contributed by atoms with Crippen molar-refractivity contribution < 1.29 is 4.42 Å². The molecule has 0 bridgehead atoms. The van der Waals surface area contributed by atoms with E-state index < -0.39 is 0 Å². The molecule has 9 aromatic carbocycles. The van der Waals surface area contributed by atoms with Crippen LogP contribution < -0.4 is 4.90 Å². The summed E-state index contributed by atoms with van der Waals surface area (Å²) in [4.78, 5) is 2.34. The third-order valence-corrected chi connectivity index (χ3v) is 10.5. The fourth-order valence-corrected chi connectivity index (χ4v) is 7.74. The average Bonchev–Trinajstić information content (AvgIpc) is 3.62. The van der Waals surface area contributed by atoms with Gasteiger partial charge in [0.2, 0.25) is 0 Å². The maximum absolute atomic E-state index is 6.38. The Hall–Kier alpha value is -7.16. The van der Waals surface area contributed by atoms with Gasteiger partial charge in [-0.25, -0.2) is 0 Å². The zero-order valence-electron chi connectivity index (χ0n) is 29.6. The maximum atomic E-state index is 6.38. The van der Waals surface area contributed by atoms with E-state index in [4.69, 9.17) is 4.42 Å². The molecule has 54 heavy (non-hydrogen) atoms. The Labute approximate surface area is 314 Å². The Balaban J connectivity index is 1.03. The van der Waals surface area contributed by atoms with Gasteiger partial charge in [-0.1, -0.05) is 152 Å². The number of para-hydroxylation sites is 2. The summed E-state index contributed by atoms with van der Waals surface area (Å²) in [5.74, 6) is 0. The lowest BCUT2D eigenvalue weighted by Crippen LogP contribution is -2.11. The summed E-state index contributed by atoms with van der Waals surface area (Å²) in [5.41, 5.74) is 14.5. The summed E-state index contributed by atoms with van der Waals surface area (Å²) in [5, 5.41) is 4.75. The number of rotatable bonds is 7. The Bertz CT molecular complexity index is 2940. The van der Waals surface area contributed by atoms with Crippen molar-refractivity contribution in [1.29, 1.82) is 0 Å². The second kappa shape index (κ2) is 13.4. The number of nitrogens with zero attached hydrogens (tertiary/aromatic N) is 1. The van der Waals surface area contributed by atoms with Gasteiger partial charge in [0.1, 0.15) is 11.2 Å². The second-order valence-corrected chi connectivity index (χ2v) is 13.8. The highest BCUT2D eigenvalue weighted by Gasteiger charge is 2.19. The van der Waals surface area contributed by atoms with Gasteiger partial charge in [-0.3, -0.25) is 0 Å². The topological polar surface area (TPSA) is 16.4 Å². The number of furan rings is 1. The molecule has 0 N–H and O–H groups in total. The van der Waals surface area contributed by atoms with E-state index in [2.05, 4.69) is 205 Å². The number of anilines is 3. The van der Waals surface area contributed by atoms with Crippen LogP contribution in [0.5, 0.6) is 0 Å². The molecule has 0 aliphatic carbocycles. The highest BCUT2D eigenvalue weighted by Crippen LogP contribution is 2.43. The minimum absolute atomic E-state index is 0.869. The first-order valence-corrected chi connectivity index (χ1v) is 18.4. The van der Waals surface area contributed by atoms with Gasteiger partial charge in [0.25, 0.3) is 0 Å². The van der Waals surface area contributed by atoms with Crippen molar-refractivity contribution >= 4 is 49.8 Å². The largest absolute Gasteiger partial charge is 0.456 e. The van der Waals surface area contributed by atoms with Crippen LogP contribution in [0.2, 0.25) is 0 Å². The minimum atomic E-state index is 0.869. The third kappa shape index (κ3) is 5.81. The molecule has 0 amide bonds. The van der Waals surface area contributed by atoms with E-state index in [0.717, 1.165) is 50.1 Å². The van der Waals surface area contributed by atoms with Crippen LogP contribution in [0.3, 0.4) is 0 Å². The number of hydrogen-bond acceptors (Lipinski definition) is 2. The molecule has 0 saturated carbocycles. The van der Waals surface area contributed by atoms with Crippen LogP contribution in [0.1, 0.15) is 0 Å². The molecule has 1 heterocycles. The smallest absolute Gasteiger partial charge is 0.137 e. The van der Waals surface area contributed by atoms with Gasteiger partial charge in [0.15, 0.2) is 0 Å². The van der Waals surface area contributed by atoms with E-state index >= 15 is 0 Å². The molecule has 0 spiro atoms. The lowest BCUT2D eigenvalue weighted by Gasteiger charge is -2.28. The lowest BCUT2D eigenvalue weighted by molar-refractivity contribution is 0.669. The molecular formula is C52H35NO. The van der Waals surface area contributed by atoms with Crippen LogP contribution in [0.4, 0.5) is 17.1 Å². The Morgan fingerprint density at radius 1 is 0.296 bits per heavy atom. The number of hydrogen-bond donors (Lipinski definition) is 0. The molecular weight excluding hydrogens is 655 g/mol. The first-order chi connectivity index (χ1) is 26.7. The molecule has 0 saturated heterocycles. The van der Waals surface area contributed by atoms with Gasteiger partial charge < -0.3 is 9.32 Å². The standard InChI is InChI=1S/C52H35NO/c1-2-13-38(14-3-1)47-20-6-8-22-50(47)53(46-30-31-49-48-21-7-9-23-51(48)54-52(49)35-46)45-28-26-37(27-29-45)40-16-10-17-41(32-40)42-18-11-19-43(34-42)44-25-24-36-12-4-5-15-39(36)33-44/h1-35H. The van der Waals surface area contributed by atoms with E-state index in [9.17, 15) is 0 Å². The summed E-state index contributed by atoms with van der Waals surface area (Å²) < 4.78 is 6.38. The van der Waals surface area contributed by atoms with E-state index in [0.29, 0.717) is 0 Å². The van der Waals surface area contributed by atoms with Crippen molar-refractivity contribution in [3.63, 3.8) is 0 Å². The van der Waals surface area contributed by atoms with Crippen molar-refractivity contribution in [1.82, 2.24) is 0 Å². The first-order valence-electron chi connectivity index (χ1n) is 18.4. The van der Waals surface area contributed by atoms with E-state index in [1.165, 1.54) is 44.2 Å². The lowest BCUT2D eigenvalue weighted by atomic mass is 9.95. The van der Waals surface area contributed by atoms with E-state index in [-0.39, 0.29) is 0 Å². The monoisotopic (exact) mass is 689 g/mol. The second-order valence-electron chi connectivity index (χ2n) is 13.8. The molecule has 0 atom stereocenters. The Morgan fingerprint density at radius 3 is 1.63 bits per heavy atom. The molecule has 0 radical (unpaired) electrons. The van der Waals surface area contributed by atoms with Crippen LogP contribution in [0, 0.1) is 0 Å². The molecule has 1 aromatic heterocycles. The summed E-state index contributed by atoms with van der Waals surface area (Å²) in [6.07, 6.45) is 0. The Kier molecular flexibility index (Phi) is 7.85. The molecule has 2 heteroatoms. The van der Waals surface area contributed by atoms with Crippen LogP contribution in [0.15, 0.2) is 217 Å². The van der Waals surface area contributed by atoms with Crippen LogP contribution in [-0.4, -0.2) is 0 Å². The fourth-order valence-electron chi connectivity index (χ4n) is 7.74. The van der Waals surface area contributed by atoms with Crippen molar-refractivity contribution in [2.24, 2.45) is 0 Å². The predicted molar refractivity (Wildman–Crippen MR) is 228 cm³/mol. The van der Waals surface area contributed by atoms with Gasteiger partial charge in [0.05, 0.1) is 5.69 Å². The molecule has 0 fully saturated rings. The molecule has 0 aliphatic rings. The quantitative estimate of drug-likeness (QED) is 0.166. The van der Waals surface area contributed by atoms with Crippen molar-refractivity contribution in [3.8, 4) is 44.5 Å². The van der Waals surface area contributed by atoms with E-state index in [1.807, 2.05) is 12.1 Å². The summed E-state index contributed by atoms with van der Waals surface area (Å²) in [6, 6.07) is 75.9. The number of benzene rings is 9. The molecule has 2 nitrogen and oxygen atoms in total. The van der Waals surface area contributed by atoms with Crippen molar-refractivity contribution in [3.05, 3.63) is 212 Å². The van der Waals surface area contributed by atoms with Gasteiger partial charge in [-0.2, -0.15) is 0 Å². The normalized spacial score (nSPS) is 11.3. The van der Waals surface area contributed by atoms with Gasteiger partial charge in [-0.05, 0) is 104 Å². The molecule has 0 aliphatic heterocycles. The van der Waals surface area contributed by atoms with Crippen molar-refractivity contribution in [2.75, 3.05) is 4.90 Å². The van der Waals surface area contributed by atoms with Gasteiger partial charge >= 0.3 is 0 Å². The minimum Gasteiger partial charge on any atom is -0.456 e. The molecule has 0 unspecified atom stereocenters. The fraction of sp³-hybridized carbons (Fsp3) is 0. The summed E-state index contributed by atoms with van der Waals surface area (Å²) >= 11 is 0. The zero-order chi connectivity index (χ0) is 35.8. The highest BCUT2D eigenvalue weighted by molar-refractivity contribution is 6.06. The third-order valence-electron chi connectivity index (χ3n) is 10.5. The summed E-state index contributed by atoms with van der Waals surface area (Å²) in [7, 11) is 0. The molecule has 254 valence electrons. The van der Waals surface area contributed by atoms with Crippen molar-refractivity contribution in [2.45, 2.75) is 0 Å². The van der Waals surface area contributed by atoms with Gasteiger partial charge in [0, 0.05) is 33.8 Å². The average molecular weight is 690 g/mol. The van der Waals surface area contributed by atoms with Crippen LogP contribution in [-0.2, 0) is 0 Å². The Morgan fingerprint density at radius 2 is 0.852 bits per heavy atom. The maximum Gasteiger partial charge on any atom is 0.137 e. The molecule has 10 rings (SSSR count). The number of fused-ring (bicyclic) bond motifs is 4. The summed E-state index contributed by atoms with van der Waals surface area (Å²) in [6.45, 7) is 0. The SMILES string of the molecule is c1ccc(-c2ccccc2N(c2ccc(-c3cccc(-c4cccc(-c5ccc6ccccc6c5)c4)c3)cc2)c2ccc3c(c2)oc2ccccc23)cc1. The molecule has 10 aromatic rings. The highest BCUT2D eigenvalue weighted by atomic mass is 16.3. The predicted octanol–water partition coefficient (Wildman–Crippen LogP) is 14.9. The van der Waals surface area contributed by atoms with Gasteiger partial charge in [-0.15, -0.1) is 0 Å².